The second-order valence-electron chi connectivity index (χ2n) is 5.16. The molecule has 1 aliphatic rings. The molecule has 1 unspecified atom stereocenters. The normalized spacial score (nSPS) is 20.9. The fraction of sp³-hybridized carbons (Fsp3) is 0.923. The van der Waals surface area contributed by atoms with Crippen LogP contribution in [-0.4, -0.2) is 49.6 Å². The van der Waals surface area contributed by atoms with Crippen molar-refractivity contribution in [1.82, 2.24) is 15.5 Å². The van der Waals surface area contributed by atoms with Gasteiger partial charge >= 0.3 is 0 Å². The Morgan fingerprint density at radius 3 is 2.76 bits per heavy atom. The van der Waals surface area contributed by atoms with Gasteiger partial charge in [-0.15, -0.1) is 0 Å². The molecule has 1 saturated heterocycles. The van der Waals surface area contributed by atoms with E-state index < -0.39 is 0 Å². The van der Waals surface area contributed by atoms with Crippen molar-refractivity contribution >= 4 is 5.91 Å². The summed E-state index contributed by atoms with van der Waals surface area (Å²) in [6.07, 6.45) is 4.50. The number of amides is 1. The van der Waals surface area contributed by atoms with Crippen molar-refractivity contribution in [3.63, 3.8) is 0 Å². The van der Waals surface area contributed by atoms with Gasteiger partial charge in [0.1, 0.15) is 0 Å². The summed E-state index contributed by atoms with van der Waals surface area (Å²) in [6, 6.07) is 1.11. The minimum absolute atomic E-state index is 0.132. The molecule has 0 radical (unpaired) electrons. The highest BCUT2D eigenvalue weighted by atomic mass is 16.1. The third-order valence-electron chi connectivity index (χ3n) is 3.50. The van der Waals surface area contributed by atoms with Crippen LogP contribution in [0.3, 0.4) is 0 Å². The third kappa shape index (κ3) is 5.50. The van der Waals surface area contributed by atoms with Crippen molar-refractivity contribution in [2.24, 2.45) is 0 Å². The number of piperidine rings is 1. The second-order valence-corrected chi connectivity index (χ2v) is 5.16. The summed E-state index contributed by atoms with van der Waals surface area (Å²) >= 11 is 0. The van der Waals surface area contributed by atoms with E-state index in [1.807, 2.05) is 0 Å². The van der Waals surface area contributed by atoms with E-state index in [9.17, 15) is 4.79 Å². The molecule has 1 rings (SSSR count). The quantitative estimate of drug-likeness (QED) is 0.728. The van der Waals surface area contributed by atoms with Crippen LogP contribution in [0.4, 0.5) is 0 Å². The van der Waals surface area contributed by atoms with Crippen LogP contribution in [0.2, 0.25) is 0 Å². The van der Waals surface area contributed by atoms with Crippen LogP contribution < -0.4 is 10.6 Å². The first-order chi connectivity index (χ1) is 8.13. The van der Waals surface area contributed by atoms with Crippen LogP contribution in [0.1, 0.15) is 39.5 Å². The van der Waals surface area contributed by atoms with E-state index in [0.29, 0.717) is 18.5 Å². The number of carbonyl (C=O) groups excluding carboxylic acids is 1. The number of nitrogens with one attached hydrogen (secondary N) is 2. The van der Waals surface area contributed by atoms with E-state index >= 15 is 0 Å². The number of hydrogen-bond donors (Lipinski definition) is 2. The topological polar surface area (TPSA) is 44.4 Å². The standard InChI is InChI=1S/C13H27N3O/c1-11(2)16(9-7-13(17)14-3)10-12-6-4-5-8-15-12/h11-12,15H,4-10H2,1-3H3,(H,14,17). The average molecular weight is 241 g/mol. The lowest BCUT2D eigenvalue weighted by Crippen LogP contribution is -2.46. The number of hydrogen-bond acceptors (Lipinski definition) is 3. The van der Waals surface area contributed by atoms with Crippen LogP contribution in [0.15, 0.2) is 0 Å². The molecule has 2 N–H and O–H groups in total. The minimum Gasteiger partial charge on any atom is -0.359 e. The maximum absolute atomic E-state index is 11.3. The molecule has 0 spiro atoms. The monoisotopic (exact) mass is 241 g/mol. The highest BCUT2D eigenvalue weighted by Crippen LogP contribution is 2.10. The van der Waals surface area contributed by atoms with E-state index in [1.54, 1.807) is 7.05 Å². The number of rotatable bonds is 6. The van der Waals surface area contributed by atoms with Gasteiger partial charge in [0.05, 0.1) is 0 Å². The lowest BCUT2D eigenvalue weighted by molar-refractivity contribution is -0.121. The molecule has 0 aromatic heterocycles. The smallest absolute Gasteiger partial charge is 0.221 e. The van der Waals surface area contributed by atoms with E-state index in [-0.39, 0.29) is 5.91 Å². The molecule has 4 heteroatoms. The van der Waals surface area contributed by atoms with Crippen LogP contribution in [0, 0.1) is 0 Å². The highest BCUT2D eigenvalue weighted by molar-refractivity contribution is 5.75. The van der Waals surface area contributed by atoms with Crippen LogP contribution in [-0.2, 0) is 4.79 Å². The first kappa shape index (κ1) is 14.5. The largest absolute Gasteiger partial charge is 0.359 e. The van der Waals surface area contributed by atoms with E-state index in [4.69, 9.17) is 0 Å². The molecule has 0 aromatic rings. The average Bonchev–Trinajstić information content (AvgIpc) is 2.34. The molecular weight excluding hydrogens is 214 g/mol. The van der Waals surface area contributed by atoms with Gasteiger partial charge in [0.2, 0.25) is 5.91 Å². The predicted octanol–water partition coefficient (Wildman–Crippen LogP) is 0.975. The van der Waals surface area contributed by atoms with Gasteiger partial charge in [-0.25, -0.2) is 0 Å². The molecule has 4 nitrogen and oxygen atoms in total. The minimum atomic E-state index is 0.132. The molecule has 0 bridgehead atoms. The van der Waals surface area contributed by atoms with Gasteiger partial charge in [-0.1, -0.05) is 6.42 Å². The summed E-state index contributed by atoms with van der Waals surface area (Å²) in [5.74, 6) is 0.132. The Morgan fingerprint density at radius 2 is 2.24 bits per heavy atom. The van der Waals surface area contributed by atoms with Gasteiger partial charge in [-0.3, -0.25) is 9.69 Å². The molecule has 1 aliphatic heterocycles. The van der Waals surface area contributed by atoms with E-state index in [1.165, 1.54) is 19.3 Å². The maximum atomic E-state index is 11.3. The van der Waals surface area contributed by atoms with E-state index in [2.05, 4.69) is 29.4 Å². The summed E-state index contributed by atoms with van der Waals surface area (Å²) in [5, 5.41) is 6.25. The molecule has 1 heterocycles. The Hall–Kier alpha value is -0.610. The molecule has 0 aromatic carbocycles. The van der Waals surface area contributed by atoms with Crippen LogP contribution in [0.5, 0.6) is 0 Å². The molecule has 0 saturated carbocycles. The summed E-state index contributed by atoms with van der Waals surface area (Å²) in [5.41, 5.74) is 0. The van der Waals surface area contributed by atoms with Crippen molar-refractivity contribution in [3.8, 4) is 0 Å². The molecule has 1 amide bonds. The van der Waals surface area contributed by atoms with Crippen molar-refractivity contribution in [2.45, 2.75) is 51.6 Å². The summed E-state index contributed by atoms with van der Waals surface area (Å²) < 4.78 is 0. The maximum Gasteiger partial charge on any atom is 0.221 e. The highest BCUT2D eigenvalue weighted by Gasteiger charge is 2.18. The molecular formula is C13H27N3O. The van der Waals surface area contributed by atoms with Crippen molar-refractivity contribution in [3.05, 3.63) is 0 Å². The zero-order valence-electron chi connectivity index (χ0n) is 11.5. The fourth-order valence-corrected chi connectivity index (χ4v) is 2.29. The lowest BCUT2D eigenvalue weighted by atomic mass is 10.0. The van der Waals surface area contributed by atoms with Crippen LogP contribution in [0.25, 0.3) is 0 Å². The predicted molar refractivity (Wildman–Crippen MR) is 71.0 cm³/mol. The molecule has 17 heavy (non-hydrogen) atoms. The Morgan fingerprint density at radius 1 is 1.47 bits per heavy atom. The van der Waals surface area contributed by atoms with E-state index in [0.717, 1.165) is 19.6 Å². The molecule has 100 valence electrons. The first-order valence-electron chi connectivity index (χ1n) is 6.81. The van der Waals surface area contributed by atoms with Gasteiger partial charge < -0.3 is 10.6 Å². The summed E-state index contributed by atoms with van der Waals surface area (Å²) in [6.45, 7) is 7.47. The van der Waals surface area contributed by atoms with Crippen molar-refractivity contribution in [1.29, 1.82) is 0 Å². The molecule has 0 aliphatic carbocycles. The number of nitrogens with zero attached hydrogens (tertiary/aromatic N) is 1. The second kappa shape index (κ2) is 7.67. The zero-order chi connectivity index (χ0) is 12.7. The first-order valence-corrected chi connectivity index (χ1v) is 6.81. The Kier molecular flexibility index (Phi) is 6.52. The van der Waals surface area contributed by atoms with Gasteiger partial charge in [-0.2, -0.15) is 0 Å². The fourth-order valence-electron chi connectivity index (χ4n) is 2.29. The van der Waals surface area contributed by atoms with Gasteiger partial charge in [0, 0.05) is 38.6 Å². The van der Waals surface area contributed by atoms with Gasteiger partial charge in [0.15, 0.2) is 0 Å². The molecule has 1 atom stereocenters. The third-order valence-corrected chi connectivity index (χ3v) is 3.50. The van der Waals surface area contributed by atoms with Crippen molar-refractivity contribution < 1.29 is 4.79 Å². The zero-order valence-corrected chi connectivity index (χ0v) is 11.5. The van der Waals surface area contributed by atoms with Crippen LogP contribution >= 0.6 is 0 Å². The van der Waals surface area contributed by atoms with Crippen molar-refractivity contribution in [2.75, 3.05) is 26.7 Å². The molecule has 1 fully saturated rings. The number of carbonyl (C=O) groups is 1. The SMILES string of the molecule is CNC(=O)CCN(CC1CCCCN1)C(C)C. The Balaban J connectivity index is 2.33. The Bertz CT molecular complexity index is 225. The summed E-state index contributed by atoms with van der Waals surface area (Å²) in [7, 11) is 1.70. The van der Waals surface area contributed by atoms with Gasteiger partial charge in [0.25, 0.3) is 0 Å². The van der Waals surface area contributed by atoms with Gasteiger partial charge in [-0.05, 0) is 33.2 Å². The summed E-state index contributed by atoms with van der Waals surface area (Å²) in [4.78, 5) is 13.7. The Labute approximate surface area is 105 Å². The lowest BCUT2D eigenvalue weighted by Gasteiger charge is -2.33.